The zero-order chi connectivity index (χ0) is 13.8. The summed E-state index contributed by atoms with van der Waals surface area (Å²) in [5, 5.41) is 27.9. The van der Waals surface area contributed by atoms with Gasteiger partial charge in [0.1, 0.15) is 0 Å². The van der Waals surface area contributed by atoms with Crippen LogP contribution < -0.4 is 0 Å². The molecule has 0 aliphatic rings. The topological polar surface area (TPSA) is 101 Å². The second-order valence-electron chi connectivity index (χ2n) is 3.44. The summed E-state index contributed by atoms with van der Waals surface area (Å²) < 4.78 is 0. The monoisotopic (exact) mass is 278 g/mol. The van der Waals surface area contributed by atoms with Crippen LogP contribution in [0.1, 0.15) is 0 Å². The largest absolute Gasteiger partial charge is 0.504 e. The molecule has 0 saturated carbocycles. The van der Waals surface area contributed by atoms with Crippen molar-refractivity contribution in [1.29, 1.82) is 0 Å². The van der Waals surface area contributed by atoms with Crippen LogP contribution in [-0.4, -0.2) is 15.0 Å². The molecule has 0 radical (unpaired) electrons. The Kier molecular flexibility index (Phi) is 3.67. The average molecular weight is 279 g/mol. The zero-order valence-electron chi connectivity index (χ0n) is 9.39. The molecule has 0 atom stereocenters. The van der Waals surface area contributed by atoms with Crippen molar-refractivity contribution in [3.05, 3.63) is 51.7 Å². The Labute approximate surface area is 112 Å². The number of nitrogens with zero attached hydrogens (tertiary/aromatic N) is 4. The number of hydrogen-bond acceptors (Lipinski definition) is 6. The molecule has 0 fully saturated rings. The van der Waals surface area contributed by atoms with Crippen LogP contribution in [0.5, 0.6) is 5.75 Å². The number of aromatic nitrogens is 1. The molecule has 1 N–H and O–H groups in total. The van der Waals surface area contributed by atoms with E-state index in [0.717, 1.165) is 0 Å². The minimum Gasteiger partial charge on any atom is -0.504 e. The molecule has 1 aromatic heterocycles. The standard InChI is InChI=1S/C11H7ClN4O3/c12-7-3-4-8(9(6-7)16(18)19)14-15-11-10(17)2-1-5-13-11/h1-6,17H. The van der Waals surface area contributed by atoms with Crippen molar-refractivity contribution in [1.82, 2.24) is 4.98 Å². The highest BCUT2D eigenvalue weighted by atomic mass is 35.5. The molecule has 96 valence electrons. The van der Waals surface area contributed by atoms with Crippen molar-refractivity contribution in [2.45, 2.75) is 0 Å². The average Bonchev–Trinajstić information content (AvgIpc) is 2.38. The van der Waals surface area contributed by atoms with Crippen molar-refractivity contribution < 1.29 is 10.0 Å². The molecule has 1 heterocycles. The van der Waals surface area contributed by atoms with E-state index in [1.165, 1.54) is 36.5 Å². The van der Waals surface area contributed by atoms with Crippen LogP contribution in [0.4, 0.5) is 17.2 Å². The number of pyridine rings is 1. The number of aromatic hydroxyl groups is 1. The van der Waals surface area contributed by atoms with Gasteiger partial charge in [-0.3, -0.25) is 10.1 Å². The lowest BCUT2D eigenvalue weighted by atomic mass is 10.3. The summed E-state index contributed by atoms with van der Waals surface area (Å²) in [7, 11) is 0. The van der Waals surface area contributed by atoms with Gasteiger partial charge in [0.15, 0.2) is 11.4 Å². The van der Waals surface area contributed by atoms with E-state index < -0.39 is 4.92 Å². The van der Waals surface area contributed by atoms with Gasteiger partial charge in [0.05, 0.1) is 4.92 Å². The third kappa shape index (κ3) is 3.02. The molecule has 0 amide bonds. The molecule has 19 heavy (non-hydrogen) atoms. The Bertz CT molecular complexity index is 660. The van der Waals surface area contributed by atoms with E-state index in [0.29, 0.717) is 0 Å². The van der Waals surface area contributed by atoms with Gasteiger partial charge in [0.2, 0.25) is 5.82 Å². The SMILES string of the molecule is O=[N+]([O-])c1cc(Cl)ccc1N=Nc1ncccc1O. The summed E-state index contributed by atoms with van der Waals surface area (Å²) in [4.78, 5) is 14.0. The van der Waals surface area contributed by atoms with Crippen molar-refractivity contribution in [3.63, 3.8) is 0 Å². The van der Waals surface area contributed by atoms with Gasteiger partial charge in [0.25, 0.3) is 5.69 Å². The Morgan fingerprint density at radius 1 is 1.32 bits per heavy atom. The summed E-state index contributed by atoms with van der Waals surface area (Å²) in [6, 6.07) is 6.91. The minimum atomic E-state index is -0.613. The molecule has 0 unspecified atom stereocenters. The third-order valence-electron chi connectivity index (χ3n) is 2.15. The first kappa shape index (κ1) is 12.9. The lowest BCUT2D eigenvalue weighted by Crippen LogP contribution is -1.87. The fourth-order valence-corrected chi connectivity index (χ4v) is 1.46. The molecule has 0 saturated heterocycles. The second kappa shape index (κ2) is 5.40. The second-order valence-corrected chi connectivity index (χ2v) is 3.87. The van der Waals surface area contributed by atoms with Gasteiger partial charge >= 0.3 is 0 Å². The predicted molar refractivity (Wildman–Crippen MR) is 68.2 cm³/mol. The van der Waals surface area contributed by atoms with E-state index in [4.69, 9.17) is 11.6 Å². The highest BCUT2D eigenvalue weighted by Crippen LogP contribution is 2.32. The first-order valence-corrected chi connectivity index (χ1v) is 5.45. The first-order valence-electron chi connectivity index (χ1n) is 5.07. The van der Waals surface area contributed by atoms with E-state index in [9.17, 15) is 15.2 Å². The Hall–Kier alpha value is -2.54. The van der Waals surface area contributed by atoms with E-state index in [-0.39, 0.29) is 28.0 Å². The lowest BCUT2D eigenvalue weighted by Gasteiger charge is -1.97. The maximum absolute atomic E-state index is 10.8. The third-order valence-corrected chi connectivity index (χ3v) is 2.39. The van der Waals surface area contributed by atoms with Crippen LogP contribution in [-0.2, 0) is 0 Å². The Morgan fingerprint density at radius 3 is 2.79 bits per heavy atom. The number of benzene rings is 1. The van der Waals surface area contributed by atoms with Gasteiger partial charge in [-0.05, 0) is 24.3 Å². The van der Waals surface area contributed by atoms with Crippen LogP contribution in [0, 0.1) is 10.1 Å². The van der Waals surface area contributed by atoms with E-state index >= 15 is 0 Å². The maximum Gasteiger partial charge on any atom is 0.298 e. The van der Waals surface area contributed by atoms with Gasteiger partial charge in [-0.25, -0.2) is 4.98 Å². The minimum absolute atomic E-state index is 0.0215. The van der Waals surface area contributed by atoms with Crippen molar-refractivity contribution in [2.75, 3.05) is 0 Å². The highest BCUT2D eigenvalue weighted by molar-refractivity contribution is 6.30. The van der Waals surface area contributed by atoms with Gasteiger partial charge in [0, 0.05) is 17.3 Å². The summed E-state index contributed by atoms with van der Waals surface area (Å²) >= 11 is 5.67. The number of rotatable bonds is 3. The Balaban J connectivity index is 2.39. The molecule has 0 spiro atoms. The molecule has 1 aromatic carbocycles. The Morgan fingerprint density at radius 2 is 2.11 bits per heavy atom. The normalized spacial score (nSPS) is 10.8. The molecule has 8 heteroatoms. The van der Waals surface area contributed by atoms with Crippen molar-refractivity contribution in [2.24, 2.45) is 10.2 Å². The number of nitro benzene ring substituents is 1. The van der Waals surface area contributed by atoms with Gasteiger partial charge < -0.3 is 5.11 Å². The quantitative estimate of drug-likeness (QED) is 0.524. The number of nitro groups is 1. The predicted octanol–water partition coefficient (Wildman–Crippen LogP) is 3.76. The van der Waals surface area contributed by atoms with Gasteiger partial charge in [-0.1, -0.05) is 11.6 Å². The van der Waals surface area contributed by atoms with E-state index in [1.807, 2.05) is 0 Å². The van der Waals surface area contributed by atoms with Crippen LogP contribution in [0.2, 0.25) is 5.02 Å². The van der Waals surface area contributed by atoms with Crippen molar-refractivity contribution in [3.8, 4) is 5.75 Å². The van der Waals surface area contributed by atoms with E-state index in [2.05, 4.69) is 15.2 Å². The molecule has 2 aromatic rings. The summed E-state index contributed by atoms with van der Waals surface area (Å²) in [5.41, 5.74) is -0.244. The molecule has 0 aliphatic heterocycles. The van der Waals surface area contributed by atoms with Crippen molar-refractivity contribution >= 4 is 28.8 Å². The molecule has 7 nitrogen and oxygen atoms in total. The molecule has 2 rings (SSSR count). The number of hydrogen-bond donors (Lipinski definition) is 1. The van der Waals surface area contributed by atoms with Crippen LogP contribution in [0.15, 0.2) is 46.8 Å². The molecule has 0 bridgehead atoms. The summed E-state index contributed by atoms with van der Waals surface area (Å²) in [6.07, 6.45) is 1.42. The van der Waals surface area contributed by atoms with Gasteiger partial charge in [-0.2, -0.15) is 0 Å². The smallest absolute Gasteiger partial charge is 0.298 e. The van der Waals surface area contributed by atoms with Crippen LogP contribution in [0.3, 0.4) is 0 Å². The maximum atomic E-state index is 10.8. The fraction of sp³-hybridized carbons (Fsp3) is 0. The number of azo groups is 1. The highest BCUT2D eigenvalue weighted by Gasteiger charge is 2.14. The van der Waals surface area contributed by atoms with E-state index in [1.54, 1.807) is 0 Å². The van der Waals surface area contributed by atoms with Crippen LogP contribution >= 0.6 is 11.6 Å². The molecule has 0 aliphatic carbocycles. The zero-order valence-corrected chi connectivity index (χ0v) is 10.2. The van der Waals surface area contributed by atoms with Crippen LogP contribution in [0.25, 0.3) is 0 Å². The molecular formula is C11H7ClN4O3. The summed E-state index contributed by atoms with van der Waals surface area (Å²) in [6.45, 7) is 0. The molecular weight excluding hydrogens is 272 g/mol. The first-order chi connectivity index (χ1) is 9.08. The lowest BCUT2D eigenvalue weighted by molar-refractivity contribution is -0.384. The fourth-order valence-electron chi connectivity index (χ4n) is 1.29. The summed E-state index contributed by atoms with van der Waals surface area (Å²) in [5.74, 6) is -0.186. The number of halogens is 1. The van der Waals surface area contributed by atoms with Gasteiger partial charge in [-0.15, -0.1) is 10.2 Å².